The number of carbonyl (C=O) groups is 1. The van der Waals surface area contributed by atoms with Crippen LogP contribution in [0.3, 0.4) is 0 Å². The van der Waals surface area contributed by atoms with Crippen molar-refractivity contribution in [2.75, 3.05) is 18.0 Å². The van der Waals surface area contributed by atoms with Crippen LogP contribution in [0.5, 0.6) is 0 Å². The molecule has 0 amide bonds. The summed E-state index contributed by atoms with van der Waals surface area (Å²) in [5, 5.41) is 11.0. The van der Waals surface area contributed by atoms with Gasteiger partial charge in [-0.2, -0.15) is 0 Å². The Morgan fingerprint density at radius 3 is 2.45 bits per heavy atom. The Bertz CT molecular complexity index is 633. The summed E-state index contributed by atoms with van der Waals surface area (Å²) < 4.78 is 0. The van der Waals surface area contributed by atoms with Crippen LogP contribution in [0, 0.1) is 15.5 Å². The van der Waals surface area contributed by atoms with Crippen LogP contribution in [0.15, 0.2) is 18.2 Å². The van der Waals surface area contributed by atoms with E-state index in [0.717, 1.165) is 57.2 Å². The average molecular weight is 300 g/mol. The van der Waals surface area contributed by atoms with E-state index >= 15 is 0 Å². The van der Waals surface area contributed by atoms with Gasteiger partial charge in [0.05, 0.1) is 4.92 Å². The molecule has 22 heavy (non-hydrogen) atoms. The zero-order valence-electron chi connectivity index (χ0n) is 12.6. The molecule has 1 aromatic rings. The van der Waals surface area contributed by atoms with E-state index in [1.807, 2.05) is 6.07 Å². The number of nitro groups is 1. The molecule has 0 bridgehead atoms. The summed E-state index contributed by atoms with van der Waals surface area (Å²) in [5.41, 5.74) is 2.84. The molecule has 4 rings (SSSR count). The minimum absolute atomic E-state index is 0.198. The third-order valence-corrected chi connectivity index (χ3v) is 5.50. The Morgan fingerprint density at radius 1 is 1.18 bits per heavy atom. The van der Waals surface area contributed by atoms with Crippen LogP contribution >= 0.6 is 0 Å². The molecule has 1 aliphatic heterocycles. The lowest BCUT2D eigenvalue weighted by atomic mass is 9.68. The minimum atomic E-state index is -0.306. The van der Waals surface area contributed by atoms with Gasteiger partial charge in [0.25, 0.3) is 5.69 Å². The first-order valence-electron chi connectivity index (χ1n) is 8.11. The number of nitrogens with zero attached hydrogens (tertiary/aromatic N) is 2. The predicted octanol–water partition coefficient (Wildman–Crippen LogP) is 3.42. The van der Waals surface area contributed by atoms with Crippen LogP contribution in [0.2, 0.25) is 0 Å². The van der Waals surface area contributed by atoms with E-state index in [4.69, 9.17) is 0 Å². The quantitative estimate of drug-likeness (QED) is 0.634. The molecule has 1 aromatic carbocycles. The molecule has 0 radical (unpaired) electrons. The Hall–Kier alpha value is -1.91. The van der Waals surface area contributed by atoms with E-state index in [9.17, 15) is 14.9 Å². The maximum atomic E-state index is 11.4. The number of benzene rings is 1. The van der Waals surface area contributed by atoms with Crippen molar-refractivity contribution in [1.82, 2.24) is 0 Å². The molecule has 5 heteroatoms. The van der Waals surface area contributed by atoms with E-state index in [2.05, 4.69) is 4.90 Å². The van der Waals surface area contributed by atoms with Crippen LogP contribution < -0.4 is 4.90 Å². The molecular formula is C17H20N2O3. The molecular weight excluding hydrogens is 280 g/mol. The van der Waals surface area contributed by atoms with Gasteiger partial charge < -0.3 is 4.90 Å². The molecule has 0 unspecified atom stereocenters. The second-order valence-corrected chi connectivity index (χ2v) is 7.17. The summed E-state index contributed by atoms with van der Waals surface area (Å²) in [6.45, 7) is 2.00. The third kappa shape index (κ3) is 2.28. The van der Waals surface area contributed by atoms with Crippen molar-refractivity contribution in [2.24, 2.45) is 5.41 Å². The van der Waals surface area contributed by atoms with Crippen LogP contribution in [0.25, 0.3) is 0 Å². The van der Waals surface area contributed by atoms with Crippen LogP contribution in [-0.2, 0) is 4.79 Å². The molecule has 0 N–H and O–H groups in total. The topological polar surface area (TPSA) is 63.5 Å². The second kappa shape index (κ2) is 4.80. The summed E-state index contributed by atoms with van der Waals surface area (Å²) in [4.78, 5) is 24.5. The van der Waals surface area contributed by atoms with E-state index in [-0.39, 0.29) is 10.6 Å². The van der Waals surface area contributed by atoms with Crippen molar-refractivity contribution in [2.45, 2.75) is 44.4 Å². The van der Waals surface area contributed by atoms with Crippen molar-refractivity contribution in [3.63, 3.8) is 0 Å². The van der Waals surface area contributed by atoms with Crippen molar-refractivity contribution in [3.8, 4) is 0 Å². The molecule has 116 valence electrons. The van der Waals surface area contributed by atoms with Gasteiger partial charge in [0.15, 0.2) is 0 Å². The van der Waals surface area contributed by atoms with Gasteiger partial charge in [-0.05, 0) is 43.2 Å². The maximum Gasteiger partial charge on any atom is 0.269 e. The predicted molar refractivity (Wildman–Crippen MR) is 83.2 cm³/mol. The number of hydrogen-bond donors (Lipinski definition) is 0. The third-order valence-electron chi connectivity index (χ3n) is 5.50. The first-order valence-corrected chi connectivity index (χ1v) is 8.11. The Kier molecular flexibility index (Phi) is 2.99. The van der Waals surface area contributed by atoms with Crippen molar-refractivity contribution in [3.05, 3.63) is 33.9 Å². The van der Waals surface area contributed by atoms with Gasteiger partial charge in [-0.1, -0.05) is 0 Å². The normalized spacial score (nSPS) is 23.5. The fourth-order valence-corrected chi connectivity index (χ4v) is 3.97. The summed E-state index contributed by atoms with van der Waals surface area (Å²) in [5.74, 6) is 0.900. The number of nitro benzene ring substituents is 1. The number of anilines is 1. The first kappa shape index (κ1) is 13.7. The highest BCUT2D eigenvalue weighted by Crippen LogP contribution is 2.50. The van der Waals surface area contributed by atoms with Crippen molar-refractivity contribution >= 4 is 17.2 Å². The minimum Gasteiger partial charge on any atom is -0.370 e. The van der Waals surface area contributed by atoms with Crippen LogP contribution in [-0.4, -0.2) is 23.8 Å². The van der Waals surface area contributed by atoms with Crippen molar-refractivity contribution < 1.29 is 9.72 Å². The number of ketones is 1. The van der Waals surface area contributed by atoms with E-state index < -0.39 is 0 Å². The highest BCUT2D eigenvalue weighted by molar-refractivity contribution is 5.79. The smallest absolute Gasteiger partial charge is 0.269 e. The number of rotatable bonds is 3. The molecule has 3 aliphatic rings. The SMILES string of the molecule is O=C1CCC2(CC1)CN(c1ccc([N+](=O)[O-])cc1C1CC1)C2. The number of carbonyl (C=O) groups excluding carboxylic acids is 1. The molecule has 1 heterocycles. The highest BCUT2D eigenvalue weighted by atomic mass is 16.6. The molecule has 0 atom stereocenters. The molecule has 5 nitrogen and oxygen atoms in total. The molecule has 2 saturated carbocycles. The van der Waals surface area contributed by atoms with Gasteiger partial charge in [-0.25, -0.2) is 0 Å². The molecule has 1 spiro atoms. The average Bonchev–Trinajstić information content (AvgIpc) is 3.30. The van der Waals surface area contributed by atoms with Crippen LogP contribution in [0.1, 0.15) is 50.0 Å². The molecule has 2 aliphatic carbocycles. The Labute approximate surface area is 129 Å². The molecule has 1 saturated heterocycles. The highest BCUT2D eigenvalue weighted by Gasteiger charge is 2.46. The monoisotopic (exact) mass is 300 g/mol. The van der Waals surface area contributed by atoms with E-state index in [1.165, 1.54) is 5.69 Å². The number of Topliss-reactive ketones (excluding diaryl/α,β-unsaturated/α-hetero) is 1. The standard InChI is InChI=1S/C17H20N2O3/c20-14-5-7-17(8-6-14)10-18(11-17)16-4-3-13(19(21)22)9-15(16)12-1-2-12/h3-4,9,12H,1-2,5-8,10-11H2. The fraction of sp³-hybridized carbons (Fsp3) is 0.588. The fourth-order valence-electron chi connectivity index (χ4n) is 3.97. The van der Waals surface area contributed by atoms with E-state index in [0.29, 0.717) is 17.1 Å². The Balaban J connectivity index is 1.54. The zero-order chi connectivity index (χ0) is 15.3. The summed E-state index contributed by atoms with van der Waals surface area (Å²) in [7, 11) is 0. The lowest BCUT2D eigenvalue weighted by molar-refractivity contribution is -0.384. The zero-order valence-corrected chi connectivity index (χ0v) is 12.6. The van der Waals surface area contributed by atoms with Gasteiger partial charge in [0.1, 0.15) is 5.78 Å². The van der Waals surface area contributed by atoms with Gasteiger partial charge in [0, 0.05) is 49.2 Å². The second-order valence-electron chi connectivity index (χ2n) is 7.17. The Morgan fingerprint density at radius 2 is 1.86 bits per heavy atom. The van der Waals surface area contributed by atoms with Gasteiger partial charge in [-0.3, -0.25) is 14.9 Å². The molecule has 3 fully saturated rings. The largest absolute Gasteiger partial charge is 0.370 e. The summed E-state index contributed by atoms with van der Waals surface area (Å²) >= 11 is 0. The number of non-ortho nitro benzene ring substituents is 1. The van der Waals surface area contributed by atoms with E-state index in [1.54, 1.807) is 12.1 Å². The number of hydrogen-bond acceptors (Lipinski definition) is 4. The molecule has 0 aromatic heterocycles. The van der Waals surface area contributed by atoms with Gasteiger partial charge in [-0.15, -0.1) is 0 Å². The maximum absolute atomic E-state index is 11.4. The first-order chi connectivity index (χ1) is 10.6. The summed E-state index contributed by atoms with van der Waals surface area (Å²) in [6.07, 6.45) is 5.75. The van der Waals surface area contributed by atoms with Gasteiger partial charge >= 0.3 is 0 Å². The lowest BCUT2D eigenvalue weighted by Gasteiger charge is -2.53. The van der Waals surface area contributed by atoms with Crippen LogP contribution in [0.4, 0.5) is 11.4 Å². The van der Waals surface area contributed by atoms with Crippen molar-refractivity contribution in [1.29, 1.82) is 0 Å². The summed E-state index contributed by atoms with van der Waals surface area (Å²) in [6, 6.07) is 5.31. The van der Waals surface area contributed by atoms with Gasteiger partial charge in [0.2, 0.25) is 0 Å². The lowest BCUT2D eigenvalue weighted by Crippen LogP contribution is -2.58.